The maximum absolute atomic E-state index is 12.0. The lowest BCUT2D eigenvalue weighted by atomic mass is 10.2. The average molecular weight is 303 g/mol. The van der Waals surface area contributed by atoms with Crippen molar-refractivity contribution in [2.24, 2.45) is 0 Å². The third-order valence-electron chi connectivity index (χ3n) is 2.73. The van der Waals surface area contributed by atoms with E-state index in [9.17, 15) is 14.9 Å². The highest BCUT2D eigenvalue weighted by atomic mass is 32.2. The van der Waals surface area contributed by atoms with Crippen LogP contribution in [0.1, 0.15) is 10.4 Å². The summed E-state index contributed by atoms with van der Waals surface area (Å²) < 4.78 is 0. The molecule has 0 aliphatic rings. The number of hydrogen-bond acceptors (Lipinski definition) is 5. The van der Waals surface area contributed by atoms with Crippen LogP contribution in [0.4, 0.5) is 11.4 Å². The lowest BCUT2D eigenvalue weighted by Gasteiger charge is -2.08. The van der Waals surface area contributed by atoms with Crippen LogP contribution in [0.2, 0.25) is 0 Å². The van der Waals surface area contributed by atoms with E-state index in [1.165, 1.54) is 24.3 Å². The van der Waals surface area contributed by atoms with Crippen molar-refractivity contribution in [1.82, 2.24) is 5.43 Å². The molecule has 1 amide bonds. The van der Waals surface area contributed by atoms with Gasteiger partial charge in [0, 0.05) is 22.6 Å². The van der Waals surface area contributed by atoms with Gasteiger partial charge in [0.25, 0.3) is 11.6 Å². The lowest BCUT2D eigenvalue weighted by Crippen LogP contribution is -2.29. The molecule has 0 radical (unpaired) electrons. The highest BCUT2D eigenvalue weighted by Gasteiger charge is 2.07. The molecule has 21 heavy (non-hydrogen) atoms. The molecule has 0 spiro atoms. The van der Waals surface area contributed by atoms with Crippen LogP contribution in [0.25, 0.3) is 0 Å². The van der Waals surface area contributed by atoms with E-state index in [4.69, 9.17) is 0 Å². The van der Waals surface area contributed by atoms with E-state index in [1.54, 1.807) is 23.9 Å². The Morgan fingerprint density at radius 3 is 2.52 bits per heavy atom. The van der Waals surface area contributed by atoms with Gasteiger partial charge in [0.1, 0.15) is 0 Å². The standard InChI is InChI=1S/C14H13N3O3S/c1-21-13-4-2-3-10(9-13)14(18)16-15-11-5-7-12(8-6-11)17(19)20/h2-9,15H,1H3,(H,16,18). The molecular formula is C14H13N3O3S. The van der Waals surface area contributed by atoms with Gasteiger partial charge in [-0.3, -0.25) is 25.8 Å². The van der Waals surface area contributed by atoms with Gasteiger partial charge in [-0.15, -0.1) is 11.8 Å². The molecule has 0 aliphatic heterocycles. The lowest BCUT2D eigenvalue weighted by molar-refractivity contribution is -0.384. The van der Waals surface area contributed by atoms with Gasteiger partial charge in [-0.2, -0.15) is 0 Å². The van der Waals surface area contributed by atoms with Crippen molar-refractivity contribution in [3.05, 3.63) is 64.2 Å². The predicted octanol–water partition coefficient (Wildman–Crippen LogP) is 3.07. The SMILES string of the molecule is CSc1cccc(C(=O)NNc2ccc([N+](=O)[O-])cc2)c1. The molecular weight excluding hydrogens is 290 g/mol. The smallest absolute Gasteiger partial charge is 0.269 e. The van der Waals surface area contributed by atoms with Crippen LogP contribution >= 0.6 is 11.8 Å². The Labute approximate surface area is 125 Å². The Morgan fingerprint density at radius 1 is 1.19 bits per heavy atom. The highest BCUT2D eigenvalue weighted by molar-refractivity contribution is 7.98. The van der Waals surface area contributed by atoms with E-state index in [-0.39, 0.29) is 11.6 Å². The fourth-order valence-electron chi connectivity index (χ4n) is 1.63. The summed E-state index contributed by atoms with van der Waals surface area (Å²) >= 11 is 1.55. The van der Waals surface area contributed by atoms with Gasteiger partial charge in [0.05, 0.1) is 10.6 Å². The number of hydrogen-bond donors (Lipinski definition) is 2. The van der Waals surface area contributed by atoms with Crippen molar-refractivity contribution in [2.45, 2.75) is 4.90 Å². The molecule has 108 valence electrons. The maximum atomic E-state index is 12.0. The summed E-state index contributed by atoms with van der Waals surface area (Å²) in [6.07, 6.45) is 1.94. The van der Waals surface area contributed by atoms with Crippen molar-refractivity contribution in [3.63, 3.8) is 0 Å². The third kappa shape index (κ3) is 3.96. The van der Waals surface area contributed by atoms with Crippen LogP contribution in [0.5, 0.6) is 0 Å². The first-order valence-corrected chi connectivity index (χ1v) is 7.27. The quantitative estimate of drug-likeness (QED) is 0.504. The molecule has 2 rings (SSSR count). The average Bonchev–Trinajstić information content (AvgIpc) is 2.53. The van der Waals surface area contributed by atoms with E-state index >= 15 is 0 Å². The van der Waals surface area contributed by atoms with Crippen molar-refractivity contribution in [1.29, 1.82) is 0 Å². The second-order valence-electron chi connectivity index (χ2n) is 4.12. The number of carbonyl (C=O) groups excluding carboxylic acids is 1. The summed E-state index contributed by atoms with van der Waals surface area (Å²) in [6.45, 7) is 0. The van der Waals surface area contributed by atoms with Crippen LogP contribution < -0.4 is 10.9 Å². The molecule has 0 atom stereocenters. The molecule has 0 heterocycles. The first-order chi connectivity index (χ1) is 10.1. The largest absolute Gasteiger partial charge is 0.298 e. The third-order valence-corrected chi connectivity index (χ3v) is 3.46. The Kier molecular flexibility index (Phi) is 4.78. The number of nitrogens with one attached hydrogen (secondary N) is 2. The molecule has 0 fully saturated rings. The molecule has 0 bridgehead atoms. The summed E-state index contributed by atoms with van der Waals surface area (Å²) in [5.41, 5.74) is 6.37. The highest BCUT2D eigenvalue weighted by Crippen LogP contribution is 2.16. The van der Waals surface area contributed by atoms with Gasteiger partial charge < -0.3 is 0 Å². The minimum Gasteiger partial charge on any atom is -0.298 e. The fraction of sp³-hybridized carbons (Fsp3) is 0.0714. The van der Waals surface area contributed by atoms with Gasteiger partial charge in [-0.05, 0) is 36.6 Å². The molecule has 6 nitrogen and oxygen atoms in total. The monoisotopic (exact) mass is 303 g/mol. The first kappa shape index (κ1) is 14.9. The normalized spacial score (nSPS) is 9.95. The maximum Gasteiger partial charge on any atom is 0.269 e. The van der Waals surface area contributed by atoms with Crippen LogP contribution in [0, 0.1) is 10.1 Å². The molecule has 0 aliphatic carbocycles. The van der Waals surface area contributed by atoms with Crippen LogP contribution in [0.3, 0.4) is 0 Å². The zero-order chi connectivity index (χ0) is 15.2. The number of hydrazine groups is 1. The van der Waals surface area contributed by atoms with Gasteiger partial charge >= 0.3 is 0 Å². The number of nitro benzene ring substituents is 1. The summed E-state index contributed by atoms with van der Waals surface area (Å²) in [4.78, 5) is 23.0. The van der Waals surface area contributed by atoms with Crippen LogP contribution in [-0.2, 0) is 0 Å². The molecule has 2 aromatic rings. The number of rotatable bonds is 5. The van der Waals surface area contributed by atoms with Crippen LogP contribution in [-0.4, -0.2) is 17.1 Å². The number of carbonyl (C=O) groups is 1. The Hall–Kier alpha value is -2.54. The van der Waals surface area contributed by atoms with Crippen molar-refractivity contribution in [2.75, 3.05) is 11.7 Å². The summed E-state index contributed by atoms with van der Waals surface area (Å²) in [5, 5.41) is 10.5. The van der Waals surface area contributed by atoms with Crippen LogP contribution in [0.15, 0.2) is 53.4 Å². The van der Waals surface area contributed by atoms with Crippen molar-refractivity contribution >= 4 is 29.0 Å². The van der Waals surface area contributed by atoms with Gasteiger partial charge in [-0.1, -0.05) is 6.07 Å². The summed E-state index contributed by atoms with van der Waals surface area (Å²) in [6, 6.07) is 13.0. The van der Waals surface area contributed by atoms with Gasteiger partial charge in [0.2, 0.25) is 0 Å². The zero-order valence-electron chi connectivity index (χ0n) is 11.2. The van der Waals surface area contributed by atoms with Gasteiger partial charge in [0.15, 0.2) is 0 Å². The number of nitrogens with zero attached hydrogens (tertiary/aromatic N) is 1. The minimum atomic E-state index is -0.476. The van der Waals surface area contributed by atoms with Crippen molar-refractivity contribution < 1.29 is 9.72 Å². The molecule has 0 aromatic heterocycles. The number of benzene rings is 2. The van der Waals surface area contributed by atoms with E-state index in [0.29, 0.717) is 11.3 Å². The molecule has 7 heteroatoms. The number of nitro groups is 1. The van der Waals surface area contributed by atoms with Gasteiger partial charge in [-0.25, -0.2) is 0 Å². The molecule has 0 unspecified atom stereocenters. The molecule has 2 N–H and O–H groups in total. The molecule has 2 aromatic carbocycles. The zero-order valence-corrected chi connectivity index (χ0v) is 12.0. The van der Waals surface area contributed by atoms with E-state index < -0.39 is 4.92 Å². The van der Waals surface area contributed by atoms with Crippen molar-refractivity contribution in [3.8, 4) is 0 Å². The summed E-state index contributed by atoms with van der Waals surface area (Å²) in [5.74, 6) is -0.274. The second-order valence-corrected chi connectivity index (χ2v) is 4.99. The Morgan fingerprint density at radius 2 is 1.90 bits per heavy atom. The topological polar surface area (TPSA) is 84.3 Å². The summed E-state index contributed by atoms with van der Waals surface area (Å²) in [7, 11) is 0. The number of non-ortho nitro benzene ring substituents is 1. The predicted molar refractivity (Wildman–Crippen MR) is 82.4 cm³/mol. The molecule has 0 saturated heterocycles. The van der Waals surface area contributed by atoms with E-state index in [0.717, 1.165) is 4.90 Å². The van der Waals surface area contributed by atoms with E-state index in [2.05, 4.69) is 10.9 Å². The first-order valence-electron chi connectivity index (χ1n) is 6.05. The number of amides is 1. The molecule has 0 saturated carbocycles. The Bertz CT molecular complexity index is 659. The number of thioether (sulfide) groups is 1. The Balaban J connectivity index is 1.98. The fourth-order valence-corrected chi connectivity index (χ4v) is 2.09. The van der Waals surface area contributed by atoms with E-state index in [1.807, 2.05) is 18.4 Å². The minimum absolute atomic E-state index is 0.000418. The number of anilines is 1. The second kappa shape index (κ2) is 6.76.